The first-order chi connectivity index (χ1) is 3.79. The summed E-state index contributed by atoms with van der Waals surface area (Å²) in [6.45, 7) is 4.62. The Bertz CT molecular complexity index is 58.4. The molecule has 1 rings (SSSR count). The third kappa shape index (κ3) is 1.50. The van der Waals surface area contributed by atoms with E-state index in [1.54, 1.807) is 0 Å². The van der Waals surface area contributed by atoms with Gasteiger partial charge in [-0.25, -0.2) is 0 Å². The van der Waals surface area contributed by atoms with Crippen molar-refractivity contribution in [2.24, 2.45) is 11.8 Å². The molecule has 0 aliphatic heterocycles. The van der Waals surface area contributed by atoms with E-state index in [1.807, 2.05) is 0 Å². The first kappa shape index (κ1) is 6.12. The van der Waals surface area contributed by atoms with E-state index in [1.165, 1.54) is 19.3 Å². The van der Waals surface area contributed by atoms with E-state index in [0.717, 1.165) is 11.8 Å². The summed E-state index contributed by atoms with van der Waals surface area (Å²) in [5.41, 5.74) is 0. The normalized spacial score (nSPS) is 39.8. The molecule has 0 aromatic rings. The standard InChI is InChI=1S/C8H14/c1-7-4-3-5-8(2)6-7/h7-8H,4-6H2,1-2H3. The highest BCUT2D eigenvalue weighted by Crippen LogP contribution is 2.26. The van der Waals surface area contributed by atoms with Gasteiger partial charge in [-0.3, -0.25) is 0 Å². The Kier molecular flexibility index (Phi) is 1.93. The summed E-state index contributed by atoms with van der Waals surface area (Å²) in [6, 6.07) is 0. The summed E-state index contributed by atoms with van der Waals surface area (Å²) in [5.74, 6) is 1.80. The van der Waals surface area contributed by atoms with Crippen LogP contribution >= 0.6 is 0 Å². The summed E-state index contributed by atoms with van der Waals surface area (Å²) in [5, 5.41) is 0. The Balaban J connectivity index is 2.23. The van der Waals surface area contributed by atoms with Crippen LogP contribution in [0.25, 0.3) is 0 Å². The highest BCUT2D eigenvalue weighted by Gasteiger charge is 2.14. The minimum atomic E-state index is 0.902. The average molecular weight is 110 g/mol. The lowest BCUT2D eigenvalue weighted by molar-refractivity contribution is 0.354. The Labute approximate surface area is 52.3 Å². The number of hydrogen-bond acceptors (Lipinski definition) is 0. The van der Waals surface area contributed by atoms with Gasteiger partial charge in [-0.15, -0.1) is 0 Å². The molecule has 0 heterocycles. The van der Waals surface area contributed by atoms with Crippen LogP contribution in [0.4, 0.5) is 0 Å². The molecule has 8 heavy (non-hydrogen) atoms. The van der Waals surface area contributed by atoms with E-state index >= 15 is 0 Å². The summed E-state index contributed by atoms with van der Waals surface area (Å²) < 4.78 is 0. The van der Waals surface area contributed by atoms with Crippen LogP contribution in [0.15, 0.2) is 0 Å². The first-order valence-corrected chi connectivity index (χ1v) is 3.49. The van der Waals surface area contributed by atoms with Crippen molar-refractivity contribution in [3.63, 3.8) is 0 Å². The molecule has 0 saturated heterocycles. The van der Waals surface area contributed by atoms with Gasteiger partial charge >= 0.3 is 0 Å². The molecule has 0 N–H and O–H groups in total. The predicted octanol–water partition coefficient (Wildman–Crippen LogP) is 2.52. The molecule has 1 fully saturated rings. The summed E-state index contributed by atoms with van der Waals surface area (Å²) in [7, 11) is 0. The van der Waals surface area contributed by atoms with Crippen molar-refractivity contribution in [3.05, 3.63) is 6.42 Å². The average Bonchev–Trinajstić information content (AvgIpc) is 1.64. The lowest BCUT2D eigenvalue weighted by atomic mass is 9.84. The van der Waals surface area contributed by atoms with Crippen molar-refractivity contribution in [1.82, 2.24) is 0 Å². The van der Waals surface area contributed by atoms with Gasteiger partial charge in [0.05, 0.1) is 0 Å². The van der Waals surface area contributed by atoms with Crippen LogP contribution in [0.2, 0.25) is 0 Å². The second-order valence-corrected chi connectivity index (χ2v) is 3.10. The van der Waals surface area contributed by atoms with Gasteiger partial charge in [0.1, 0.15) is 0 Å². The Morgan fingerprint density at radius 3 is 1.88 bits per heavy atom. The highest BCUT2D eigenvalue weighted by molar-refractivity contribution is 4.78. The van der Waals surface area contributed by atoms with E-state index in [-0.39, 0.29) is 0 Å². The van der Waals surface area contributed by atoms with Crippen molar-refractivity contribution in [2.45, 2.75) is 33.1 Å². The van der Waals surface area contributed by atoms with Gasteiger partial charge in [0.25, 0.3) is 0 Å². The van der Waals surface area contributed by atoms with Crippen LogP contribution < -0.4 is 0 Å². The Morgan fingerprint density at radius 2 is 1.62 bits per heavy atom. The van der Waals surface area contributed by atoms with E-state index < -0.39 is 0 Å². The van der Waals surface area contributed by atoms with Gasteiger partial charge in [0.2, 0.25) is 0 Å². The van der Waals surface area contributed by atoms with Gasteiger partial charge in [-0.1, -0.05) is 13.8 Å². The SMILES string of the molecule is CC1C[C]CC(C)C1. The van der Waals surface area contributed by atoms with Gasteiger partial charge in [0, 0.05) is 0 Å². The quantitative estimate of drug-likeness (QED) is 0.449. The minimum Gasteiger partial charge on any atom is -0.0625 e. The maximum Gasteiger partial charge on any atom is -0.0168 e. The number of hydrogen-bond donors (Lipinski definition) is 0. The first-order valence-electron chi connectivity index (χ1n) is 3.49. The van der Waals surface area contributed by atoms with E-state index in [2.05, 4.69) is 20.3 Å². The minimum absolute atomic E-state index is 0.902. The zero-order chi connectivity index (χ0) is 5.98. The monoisotopic (exact) mass is 110 g/mol. The van der Waals surface area contributed by atoms with Crippen molar-refractivity contribution in [1.29, 1.82) is 0 Å². The van der Waals surface area contributed by atoms with Crippen molar-refractivity contribution < 1.29 is 0 Å². The molecule has 0 spiro atoms. The molecular weight excluding hydrogens is 96.1 g/mol. The fourth-order valence-corrected chi connectivity index (χ4v) is 1.43. The smallest absolute Gasteiger partial charge is 0.0168 e. The maximum atomic E-state index is 3.38. The lowest BCUT2D eigenvalue weighted by Gasteiger charge is -2.22. The fourth-order valence-electron chi connectivity index (χ4n) is 1.43. The molecule has 0 aromatic heterocycles. The predicted molar refractivity (Wildman–Crippen MR) is 35.4 cm³/mol. The van der Waals surface area contributed by atoms with Crippen LogP contribution in [0.3, 0.4) is 0 Å². The highest BCUT2D eigenvalue weighted by atomic mass is 14.2. The molecule has 0 heteroatoms. The van der Waals surface area contributed by atoms with Gasteiger partial charge in [-0.05, 0) is 37.5 Å². The zero-order valence-electron chi connectivity index (χ0n) is 5.78. The van der Waals surface area contributed by atoms with Gasteiger partial charge in [-0.2, -0.15) is 0 Å². The largest absolute Gasteiger partial charge is 0.0625 e. The van der Waals surface area contributed by atoms with E-state index in [9.17, 15) is 0 Å². The molecule has 0 nitrogen and oxygen atoms in total. The molecule has 0 aromatic carbocycles. The molecule has 2 atom stereocenters. The summed E-state index contributed by atoms with van der Waals surface area (Å²) in [6.07, 6.45) is 7.25. The molecule has 1 aliphatic rings. The third-order valence-electron chi connectivity index (χ3n) is 1.79. The molecule has 0 amide bonds. The molecule has 0 bridgehead atoms. The molecule has 2 unspecified atom stereocenters. The van der Waals surface area contributed by atoms with Crippen molar-refractivity contribution in [2.75, 3.05) is 0 Å². The second-order valence-electron chi connectivity index (χ2n) is 3.10. The van der Waals surface area contributed by atoms with Gasteiger partial charge < -0.3 is 0 Å². The second kappa shape index (κ2) is 2.52. The lowest BCUT2D eigenvalue weighted by Crippen LogP contribution is -2.09. The van der Waals surface area contributed by atoms with E-state index in [4.69, 9.17) is 0 Å². The van der Waals surface area contributed by atoms with Crippen LogP contribution in [-0.4, -0.2) is 0 Å². The van der Waals surface area contributed by atoms with Gasteiger partial charge in [0.15, 0.2) is 0 Å². The molecule has 1 saturated carbocycles. The maximum absolute atomic E-state index is 3.38. The molecule has 46 valence electrons. The Morgan fingerprint density at radius 1 is 1.12 bits per heavy atom. The third-order valence-corrected chi connectivity index (χ3v) is 1.79. The molecule has 1 aliphatic carbocycles. The zero-order valence-corrected chi connectivity index (χ0v) is 5.78. The summed E-state index contributed by atoms with van der Waals surface area (Å²) >= 11 is 0. The van der Waals surface area contributed by atoms with Crippen molar-refractivity contribution >= 4 is 0 Å². The van der Waals surface area contributed by atoms with Crippen LogP contribution in [-0.2, 0) is 0 Å². The molecule has 2 radical (unpaired) electrons. The van der Waals surface area contributed by atoms with Crippen LogP contribution in [0, 0.1) is 18.3 Å². The van der Waals surface area contributed by atoms with Crippen LogP contribution in [0.5, 0.6) is 0 Å². The number of rotatable bonds is 0. The van der Waals surface area contributed by atoms with Crippen molar-refractivity contribution in [3.8, 4) is 0 Å². The van der Waals surface area contributed by atoms with Crippen LogP contribution in [0.1, 0.15) is 33.1 Å². The topological polar surface area (TPSA) is 0 Å². The van der Waals surface area contributed by atoms with E-state index in [0.29, 0.717) is 0 Å². The summed E-state index contributed by atoms with van der Waals surface area (Å²) in [4.78, 5) is 0. The fraction of sp³-hybridized carbons (Fsp3) is 0.875. The Hall–Kier alpha value is 0. The molecular formula is C8H14.